The zero-order valence-corrected chi connectivity index (χ0v) is 12.7. The van der Waals surface area contributed by atoms with E-state index in [2.05, 4.69) is 38.7 Å². The zero-order chi connectivity index (χ0) is 10.9. The fourth-order valence-electron chi connectivity index (χ4n) is 1.22. The van der Waals surface area contributed by atoms with E-state index in [4.69, 9.17) is 5.11 Å². The average Bonchev–Trinajstić information content (AvgIpc) is 2.26. The molecule has 0 fully saturated rings. The third-order valence-electron chi connectivity index (χ3n) is 2.01. The molecule has 0 radical (unpaired) electrons. The molecule has 100 valence electrons. The number of halogens is 3. The van der Waals surface area contributed by atoms with Crippen molar-refractivity contribution in [2.24, 2.45) is 0 Å². The highest BCUT2D eigenvalue weighted by Gasteiger charge is 1.92. The predicted octanol–water partition coefficient (Wildman–Crippen LogP) is 1.96. The first-order valence-electron chi connectivity index (χ1n) is 5.09. The molecule has 0 spiro atoms. The number of aliphatic hydroxyl groups is 1. The number of nitrogens with one attached hydrogen (secondary N) is 2. The molecule has 0 unspecified atom stereocenters. The van der Waals surface area contributed by atoms with Crippen molar-refractivity contribution < 1.29 is 5.11 Å². The number of rotatable bonds is 7. The summed E-state index contributed by atoms with van der Waals surface area (Å²) in [6.07, 6.45) is 0. The quantitative estimate of drug-likeness (QED) is 0.662. The van der Waals surface area contributed by atoms with Crippen molar-refractivity contribution in [1.82, 2.24) is 10.6 Å². The number of hydrogen-bond donors (Lipinski definition) is 3. The van der Waals surface area contributed by atoms with Crippen LogP contribution in [0.1, 0.15) is 5.56 Å². The number of benzene rings is 1. The van der Waals surface area contributed by atoms with Crippen LogP contribution in [0.3, 0.4) is 0 Å². The molecule has 6 heteroatoms. The van der Waals surface area contributed by atoms with Crippen molar-refractivity contribution in [3.05, 3.63) is 34.3 Å². The topological polar surface area (TPSA) is 44.3 Å². The first kappa shape index (κ1) is 19.5. The molecule has 0 aliphatic heterocycles. The molecule has 3 N–H and O–H groups in total. The van der Waals surface area contributed by atoms with Gasteiger partial charge in [-0.15, -0.1) is 24.8 Å². The molecule has 17 heavy (non-hydrogen) atoms. The van der Waals surface area contributed by atoms with Crippen LogP contribution >= 0.6 is 40.7 Å². The summed E-state index contributed by atoms with van der Waals surface area (Å²) in [7, 11) is 0. The Kier molecular flexibility index (Phi) is 14.5. The van der Waals surface area contributed by atoms with E-state index < -0.39 is 0 Å². The predicted molar refractivity (Wildman–Crippen MR) is 80.3 cm³/mol. The number of hydrogen-bond acceptors (Lipinski definition) is 3. The molecule has 0 aromatic heterocycles. The molecule has 1 aromatic rings. The molecule has 0 atom stereocenters. The van der Waals surface area contributed by atoms with Crippen LogP contribution in [0.5, 0.6) is 0 Å². The van der Waals surface area contributed by atoms with Gasteiger partial charge in [-0.2, -0.15) is 0 Å². The van der Waals surface area contributed by atoms with Gasteiger partial charge >= 0.3 is 0 Å². The first-order chi connectivity index (χ1) is 7.33. The fourth-order valence-corrected chi connectivity index (χ4v) is 1.48. The van der Waals surface area contributed by atoms with Crippen LogP contribution in [0.15, 0.2) is 28.7 Å². The normalized spacial score (nSPS) is 9.29. The van der Waals surface area contributed by atoms with E-state index >= 15 is 0 Å². The molecule has 0 amide bonds. The van der Waals surface area contributed by atoms with Gasteiger partial charge in [0.2, 0.25) is 0 Å². The summed E-state index contributed by atoms with van der Waals surface area (Å²) in [5.74, 6) is 0. The third kappa shape index (κ3) is 9.83. The maximum atomic E-state index is 8.54. The van der Waals surface area contributed by atoms with Gasteiger partial charge in [-0.05, 0) is 17.7 Å². The first-order valence-corrected chi connectivity index (χ1v) is 5.89. The van der Waals surface area contributed by atoms with Gasteiger partial charge < -0.3 is 15.7 Å². The Hall–Kier alpha value is 0.160. The van der Waals surface area contributed by atoms with Crippen molar-refractivity contribution in [1.29, 1.82) is 0 Å². The monoisotopic (exact) mass is 344 g/mol. The maximum absolute atomic E-state index is 8.54. The van der Waals surface area contributed by atoms with E-state index in [-0.39, 0.29) is 31.4 Å². The third-order valence-corrected chi connectivity index (χ3v) is 2.54. The van der Waals surface area contributed by atoms with Crippen LogP contribution in [0.2, 0.25) is 0 Å². The van der Waals surface area contributed by atoms with Gasteiger partial charge in [-0.1, -0.05) is 28.1 Å². The minimum absolute atomic E-state index is 0. The van der Waals surface area contributed by atoms with Crippen LogP contribution in [0.25, 0.3) is 0 Å². The molecule has 0 aliphatic rings. The standard InChI is InChI=1S/C11H17BrN2O.2ClH/c12-11-3-1-10(2-4-11)9-14-6-5-13-7-8-15;;/h1-4,13-15H,5-9H2;2*1H. The van der Waals surface area contributed by atoms with E-state index in [1.165, 1.54) is 5.56 Å². The van der Waals surface area contributed by atoms with Gasteiger partial charge in [0, 0.05) is 30.7 Å². The summed E-state index contributed by atoms with van der Waals surface area (Å²) >= 11 is 3.40. The number of aliphatic hydroxyl groups excluding tert-OH is 1. The molecule has 0 heterocycles. The summed E-state index contributed by atoms with van der Waals surface area (Å²) in [5.41, 5.74) is 1.28. The Balaban J connectivity index is 0. The van der Waals surface area contributed by atoms with Crippen molar-refractivity contribution in [3.63, 3.8) is 0 Å². The molecule has 0 saturated heterocycles. The van der Waals surface area contributed by atoms with Crippen molar-refractivity contribution in [2.45, 2.75) is 6.54 Å². The molecule has 3 nitrogen and oxygen atoms in total. The van der Waals surface area contributed by atoms with E-state index in [0.29, 0.717) is 6.54 Å². The Bertz CT molecular complexity index is 273. The van der Waals surface area contributed by atoms with Gasteiger partial charge in [0.1, 0.15) is 0 Å². The van der Waals surface area contributed by atoms with Crippen molar-refractivity contribution >= 4 is 40.7 Å². The Labute approximate surface area is 123 Å². The van der Waals surface area contributed by atoms with E-state index in [0.717, 1.165) is 24.1 Å². The minimum atomic E-state index is 0. The summed E-state index contributed by atoms with van der Waals surface area (Å²) in [5, 5.41) is 15.0. The van der Waals surface area contributed by atoms with Gasteiger partial charge in [-0.3, -0.25) is 0 Å². The SMILES string of the molecule is Cl.Cl.OCCNCCNCc1ccc(Br)cc1. The second-order valence-electron chi connectivity index (χ2n) is 3.28. The summed E-state index contributed by atoms with van der Waals surface area (Å²) < 4.78 is 1.11. The van der Waals surface area contributed by atoms with E-state index in [1.807, 2.05) is 12.1 Å². The summed E-state index contributed by atoms with van der Waals surface area (Å²) in [4.78, 5) is 0. The zero-order valence-electron chi connectivity index (χ0n) is 9.49. The van der Waals surface area contributed by atoms with Crippen molar-refractivity contribution in [3.8, 4) is 0 Å². The second-order valence-corrected chi connectivity index (χ2v) is 4.19. The molecular weight excluding hydrogens is 327 g/mol. The lowest BCUT2D eigenvalue weighted by atomic mass is 10.2. The Morgan fingerprint density at radius 2 is 1.53 bits per heavy atom. The van der Waals surface area contributed by atoms with Gasteiger partial charge in [0.05, 0.1) is 6.61 Å². The van der Waals surface area contributed by atoms with Gasteiger partial charge in [0.25, 0.3) is 0 Å². The highest BCUT2D eigenvalue weighted by atomic mass is 79.9. The van der Waals surface area contributed by atoms with Crippen LogP contribution in [-0.4, -0.2) is 31.3 Å². The minimum Gasteiger partial charge on any atom is -0.395 e. The van der Waals surface area contributed by atoms with Crippen LogP contribution in [-0.2, 0) is 6.54 Å². The molecule has 0 saturated carbocycles. The van der Waals surface area contributed by atoms with Crippen LogP contribution in [0, 0.1) is 0 Å². The molecule has 1 aromatic carbocycles. The largest absolute Gasteiger partial charge is 0.395 e. The molecule has 0 aliphatic carbocycles. The average molecular weight is 346 g/mol. The summed E-state index contributed by atoms with van der Waals surface area (Å²) in [6.45, 7) is 3.55. The molecule has 1 rings (SSSR count). The second kappa shape index (κ2) is 12.6. The molecular formula is C11H19BrCl2N2O. The van der Waals surface area contributed by atoms with Crippen LogP contribution < -0.4 is 10.6 Å². The van der Waals surface area contributed by atoms with E-state index in [1.54, 1.807) is 0 Å². The lowest BCUT2D eigenvalue weighted by Crippen LogP contribution is -2.28. The van der Waals surface area contributed by atoms with Crippen molar-refractivity contribution in [2.75, 3.05) is 26.2 Å². The van der Waals surface area contributed by atoms with Gasteiger partial charge in [0.15, 0.2) is 0 Å². The Morgan fingerprint density at radius 1 is 0.941 bits per heavy atom. The van der Waals surface area contributed by atoms with E-state index in [9.17, 15) is 0 Å². The van der Waals surface area contributed by atoms with Gasteiger partial charge in [-0.25, -0.2) is 0 Å². The Morgan fingerprint density at radius 3 is 2.12 bits per heavy atom. The highest BCUT2D eigenvalue weighted by Crippen LogP contribution is 2.09. The summed E-state index contributed by atoms with van der Waals surface area (Å²) in [6, 6.07) is 8.28. The van der Waals surface area contributed by atoms with Crippen LogP contribution in [0.4, 0.5) is 0 Å². The lowest BCUT2D eigenvalue weighted by Gasteiger charge is -2.05. The fraction of sp³-hybridized carbons (Fsp3) is 0.455. The molecule has 0 bridgehead atoms. The lowest BCUT2D eigenvalue weighted by molar-refractivity contribution is 0.292. The maximum Gasteiger partial charge on any atom is 0.0555 e. The highest BCUT2D eigenvalue weighted by molar-refractivity contribution is 9.10. The smallest absolute Gasteiger partial charge is 0.0555 e.